The third-order valence-corrected chi connectivity index (χ3v) is 9.22. The molecule has 38 heavy (non-hydrogen) atoms. The molecule has 4 nitrogen and oxygen atoms in total. The molecule has 0 aliphatic heterocycles. The van der Waals surface area contributed by atoms with Crippen molar-refractivity contribution in [3.8, 4) is 16.9 Å². The summed E-state index contributed by atoms with van der Waals surface area (Å²) < 4.78 is 21.0. The Bertz CT molecular complexity index is 1440. The van der Waals surface area contributed by atoms with Gasteiger partial charge in [-0.25, -0.2) is 4.39 Å². The van der Waals surface area contributed by atoms with E-state index in [1.807, 2.05) is 42.3 Å². The Balaban J connectivity index is 1.51. The molecule has 2 aromatic carbocycles. The van der Waals surface area contributed by atoms with Crippen molar-refractivity contribution in [3.63, 3.8) is 0 Å². The van der Waals surface area contributed by atoms with E-state index in [1.54, 1.807) is 19.2 Å². The van der Waals surface area contributed by atoms with E-state index in [-0.39, 0.29) is 10.9 Å². The fraction of sp³-hybridized carbons (Fsp3) is 0.355. The number of amides is 1. The number of aromatic nitrogens is 1. The standard InChI is InChI=1S/C31H32ClFN2O2S/c1-19-7-10-21(11-8-19)17-35(31(36)30-29(32)28-25(33)5-4-6-27(28)38-30)18-24-15-22(13-14-26(24)37-3)23-12-9-20(2)34-16-23/h4-6,9,12-16,19,21H,7-8,10-11,17-18H2,1-3H3. The molecule has 1 aliphatic rings. The lowest BCUT2D eigenvalue weighted by atomic mass is 9.82. The molecule has 0 N–H and O–H groups in total. The monoisotopic (exact) mass is 550 g/mol. The topological polar surface area (TPSA) is 42.4 Å². The quantitative estimate of drug-likeness (QED) is 0.231. The maximum atomic E-state index is 14.6. The predicted octanol–water partition coefficient (Wildman–Crippen LogP) is 8.54. The number of ether oxygens (including phenoxy) is 1. The number of nitrogens with zero attached hydrogens (tertiary/aromatic N) is 2. The van der Waals surface area contributed by atoms with Crippen LogP contribution in [0.1, 0.15) is 53.5 Å². The number of hydrogen-bond donors (Lipinski definition) is 0. The molecule has 2 heterocycles. The zero-order chi connectivity index (χ0) is 26.8. The van der Waals surface area contributed by atoms with Crippen molar-refractivity contribution in [1.82, 2.24) is 9.88 Å². The molecule has 5 rings (SSSR count). The summed E-state index contributed by atoms with van der Waals surface area (Å²) in [6.45, 7) is 5.25. The van der Waals surface area contributed by atoms with Gasteiger partial charge in [-0.1, -0.05) is 49.6 Å². The lowest BCUT2D eigenvalue weighted by Crippen LogP contribution is -2.36. The third kappa shape index (κ3) is 5.57. The molecule has 1 aliphatic carbocycles. The summed E-state index contributed by atoms with van der Waals surface area (Å²) in [6.07, 6.45) is 6.37. The zero-order valence-corrected chi connectivity index (χ0v) is 23.5. The lowest BCUT2D eigenvalue weighted by molar-refractivity contribution is 0.0696. The number of hydrogen-bond acceptors (Lipinski definition) is 4. The second kappa shape index (κ2) is 11.4. The van der Waals surface area contributed by atoms with Gasteiger partial charge >= 0.3 is 0 Å². The van der Waals surface area contributed by atoms with E-state index in [9.17, 15) is 9.18 Å². The lowest BCUT2D eigenvalue weighted by Gasteiger charge is -2.32. The minimum absolute atomic E-state index is 0.168. The minimum atomic E-state index is -0.406. The Hall–Kier alpha value is -2.96. The number of carbonyl (C=O) groups excluding carboxylic acids is 1. The molecule has 1 fully saturated rings. The maximum Gasteiger partial charge on any atom is 0.265 e. The number of methoxy groups -OCH3 is 1. The average molecular weight is 551 g/mol. The van der Waals surface area contributed by atoms with Gasteiger partial charge in [0.1, 0.15) is 16.4 Å². The van der Waals surface area contributed by atoms with Crippen molar-refractivity contribution in [1.29, 1.82) is 0 Å². The van der Waals surface area contributed by atoms with Gasteiger partial charge in [0, 0.05) is 46.2 Å². The largest absolute Gasteiger partial charge is 0.496 e. The van der Waals surface area contributed by atoms with Gasteiger partial charge in [-0.2, -0.15) is 0 Å². The summed E-state index contributed by atoms with van der Waals surface area (Å²) in [5, 5.41) is 0.516. The van der Waals surface area contributed by atoms with Gasteiger partial charge in [-0.05, 0) is 67.5 Å². The van der Waals surface area contributed by atoms with E-state index in [1.165, 1.54) is 30.2 Å². The summed E-state index contributed by atoms with van der Waals surface area (Å²) >= 11 is 7.89. The van der Waals surface area contributed by atoms with Gasteiger partial charge in [0.05, 0.1) is 12.1 Å². The maximum absolute atomic E-state index is 14.6. The molecular weight excluding hydrogens is 519 g/mol. The molecular formula is C31H32ClFN2O2S. The molecule has 0 atom stereocenters. The zero-order valence-electron chi connectivity index (χ0n) is 22.0. The number of halogens is 2. The van der Waals surface area contributed by atoms with Gasteiger partial charge in [-0.3, -0.25) is 9.78 Å². The summed E-state index contributed by atoms with van der Waals surface area (Å²) in [5.41, 5.74) is 3.88. The van der Waals surface area contributed by atoms with Crippen molar-refractivity contribution in [2.24, 2.45) is 11.8 Å². The molecule has 2 aromatic heterocycles. The highest BCUT2D eigenvalue weighted by Crippen LogP contribution is 2.39. The first-order valence-corrected chi connectivity index (χ1v) is 14.3. The van der Waals surface area contributed by atoms with Crippen molar-refractivity contribution >= 4 is 38.9 Å². The second-order valence-corrected chi connectivity index (χ2v) is 11.8. The van der Waals surface area contributed by atoms with Crippen LogP contribution in [0.4, 0.5) is 4.39 Å². The Morgan fingerprint density at radius 3 is 2.58 bits per heavy atom. The summed E-state index contributed by atoms with van der Waals surface area (Å²) in [5.74, 6) is 1.28. The number of rotatable bonds is 7. The van der Waals surface area contributed by atoms with Gasteiger partial charge < -0.3 is 9.64 Å². The van der Waals surface area contributed by atoms with Crippen LogP contribution in [0, 0.1) is 24.6 Å². The molecule has 0 bridgehead atoms. The van der Waals surface area contributed by atoms with Crippen LogP contribution in [0.25, 0.3) is 21.2 Å². The minimum Gasteiger partial charge on any atom is -0.496 e. The molecule has 7 heteroatoms. The first kappa shape index (κ1) is 26.6. The normalized spacial score (nSPS) is 17.5. The fourth-order valence-electron chi connectivity index (χ4n) is 5.32. The highest BCUT2D eigenvalue weighted by molar-refractivity contribution is 7.21. The van der Waals surface area contributed by atoms with E-state index in [0.29, 0.717) is 34.0 Å². The van der Waals surface area contributed by atoms with Crippen LogP contribution in [-0.4, -0.2) is 29.4 Å². The summed E-state index contributed by atoms with van der Waals surface area (Å²) in [7, 11) is 1.65. The molecule has 0 spiro atoms. The number of benzene rings is 2. The number of aryl methyl sites for hydroxylation is 1. The van der Waals surface area contributed by atoms with Gasteiger partial charge in [0.25, 0.3) is 5.91 Å². The van der Waals surface area contributed by atoms with Gasteiger partial charge in [0.15, 0.2) is 0 Å². The van der Waals surface area contributed by atoms with Gasteiger partial charge in [0.2, 0.25) is 0 Å². The van der Waals surface area contributed by atoms with Crippen LogP contribution in [0.5, 0.6) is 5.75 Å². The summed E-state index contributed by atoms with van der Waals surface area (Å²) in [6, 6.07) is 14.9. The number of fused-ring (bicyclic) bond motifs is 1. The first-order valence-electron chi connectivity index (χ1n) is 13.1. The Morgan fingerprint density at radius 1 is 1.13 bits per heavy atom. The molecule has 4 aromatic rings. The Morgan fingerprint density at radius 2 is 1.89 bits per heavy atom. The van der Waals surface area contributed by atoms with Crippen LogP contribution < -0.4 is 4.74 Å². The van der Waals surface area contributed by atoms with E-state index >= 15 is 0 Å². The fourth-order valence-corrected chi connectivity index (χ4v) is 6.84. The molecule has 0 unspecified atom stereocenters. The number of thiophene rings is 1. The van der Waals surface area contributed by atoms with Crippen LogP contribution in [-0.2, 0) is 6.54 Å². The van der Waals surface area contributed by atoms with Crippen molar-refractivity contribution in [2.45, 2.75) is 46.1 Å². The number of pyridine rings is 1. The predicted molar refractivity (Wildman–Crippen MR) is 154 cm³/mol. The number of carbonyl (C=O) groups is 1. The van der Waals surface area contributed by atoms with E-state index < -0.39 is 5.82 Å². The summed E-state index contributed by atoms with van der Waals surface area (Å²) in [4.78, 5) is 20.8. The Labute approximate surface area is 232 Å². The van der Waals surface area contributed by atoms with Crippen molar-refractivity contribution in [2.75, 3.05) is 13.7 Å². The highest BCUT2D eigenvalue weighted by atomic mass is 35.5. The van der Waals surface area contributed by atoms with Crippen LogP contribution >= 0.6 is 22.9 Å². The Kier molecular flexibility index (Phi) is 8.01. The van der Waals surface area contributed by atoms with E-state index in [2.05, 4.69) is 18.0 Å². The van der Waals surface area contributed by atoms with Crippen molar-refractivity contribution < 1.29 is 13.9 Å². The third-order valence-electron chi connectivity index (χ3n) is 7.59. The molecule has 1 amide bonds. The molecule has 0 saturated heterocycles. The van der Waals surface area contributed by atoms with E-state index in [0.717, 1.165) is 46.9 Å². The van der Waals surface area contributed by atoms with Crippen LogP contribution in [0.15, 0.2) is 54.7 Å². The van der Waals surface area contributed by atoms with Gasteiger partial charge in [-0.15, -0.1) is 11.3 Å². The second-order valence-electron chi connectivity index (χ2n) is 10.4. The van der Waals surface area contributed by atoms with Crippen molar-refractivity contribution in [3.05, 3.63) is 81.7 Å². The average Bonchev–Trinajstić information content (AvgIpc) is 3.27. The van der Waals surface area contributed by atoms with Crippen LogP contribution in [0.2, 0.25) is 5.02 Å². The highest BCUT2D eigenvalue weighted by Gasteiger charge is 2.28. The molecule has 198 valence electrons. The van der Waals surface area contributed by atoms with Crippen LogP contribution in [0.3, 0.4) is 0 Å². The SMILES string of the molecule is COc1ccc(-c2ccc(C)nc2)cc1CN(CC1CCC(C)CC1)C(=O)c1sc2cccc(F)c2c1Cl. The molecule has 1 saturated carbocycles. The molecule has 0 radical (unpaired) electrons. The smallest absolute Gasteiger partial charge is 0.265 e. The first-order chi connectivity index (χ1) is 18.3. The van der Waals surface area contributed by atoms with E-state index in [4.69, 9.17) is 16.3 Å².